The van der Waals surface area contributed by atoms with Gasteiger partial charge in [0.05, 0.1) is 6.42 Å². The van der Waals surface area contributed by atoms with Gasteiger partial charge in [-0.15, -0.1) is 0 Å². The lowest BCUT2D eigenvalue weighted by atomic mass is 10.3. The molecule has 0 aromatic rings. The molecule has 0 saturated heterocycles. The molecule has 0 fully saturated rings. The minimum atomic E-state index is -1.05. The Hall–Kier alpha value is -0.420. The van der Waals surface area contributed by atoms with Crippen LogP contribution in [0, 0.1) is 0 Å². The van der Waals surface area contributed by atoms with E-state index in [1.54, 1.807) is 7.11 Å². The van der Waals surface area contributed by atoms with E-state index in [-0.39, 0.29) is 17.4 Å². The molecule has 0 saturated carbocycles. The topological polar surface area (TPSA) is 63.6 Å². The second kappa shape index (κ2) is 7.03. The van der Waals surface area contributed by atoms with Crippen molar-refractivity contribution >= 4 is 16.8 Å². The summed E-state index contributed by atoms with van der Waals surface area (Å²) in [7, 11) is 0.542. The van der Waals surface area contributed by atoms with Gasteiger partial charge in [0.15, 0.2) is 0 Å². The molecule has 0 aromatic carbocycles. The van der Waals surface area contributed by atoms with E-state index in [9.17, 15) is 9.00 Å². The zero-order valence-corrected chi connectivity index (χ0v) is 8.80. The molecule has 2 atom stereocenters. The molecule has 0 radical (unpaired) electrons. The van der Waals surface area contributed by atoms with E-state index in [1.165, 1.54) is 0 Å². The monoisotopic (exact) mass is 208 g/mol. The number of carbonyl (C=O) groups is 1. The molecule has 2 unspecified atom stereocenters. The van der Waals surface area contributed by atoms with E-state index in [4.69, 9.17) is 9.84 Å². The van der Waals surface area contributed by atoms with E-state index in [2.05, 4.69) is 0 Å². The Labute approximate surface area is 80.7 Å². The SMILES string of the molecule is COCCC(C)S(=O)CCC(=O)O. The van der Waals surface area contributed by atoms with E-state index >= 15 is 0 Å². The maximum absolute atomic E-state index is 11.3. The van der Waals surface area contributed by atoms with Gasteiger partial charge in [-0.1, -0.05) is 6.92 Å². The fraction of sp³-hybridized carbons (Fsp3) is 0.875. The summed E-state index contributed by atoms with van der Waals surface area (Å²) in [5.41, 5.74) is 0. The number of ether oxygens (including phenoxy) is 1. The lowest BCUT2D eigenvalue weighted by Crippen LogP contribution is -2.17. The van der Waals surface area contributed by atoms with Crippen LogP contribution in [-0.4, -0.2) is 40.0 Å². The second-order valence-electron chi connectivity index (χ2n) is 2.82. The maximum atomic E-state index is 11.3. The summed E-state index contributed by atoms with van der Waals surface area (Å²) in [5.74, 6) is -0.660. The normalized spacial score (nSPS) is 15.2. The first kappa shape index (κ1) is 12.6. The van der Waals surface area contributed by atoms with Crippen LogP contribution in [0.25, 0.3) is 0 Å². The Kier molecular flexibility index (Phi) is 6.80. The summed E-state index contributed by atoms with van der Waals surface area (Å²) >= 11 is 0. The molecule has 0 heterocycles. The first-order chi connectivity index (χ1) is 6.07. The van der Waals surface area contributed by atoms with Gasteiger partial charge in [0.25, 0.3) is 0 Å². The molecular formula is C8H16O4S. The number of methoxy groups -OCH3 is 1. The van der Waals surface area contributed by atoms with E-state index in [0.29, 0.717) is 13.0 Å². The number of carboxylic acids is 1. The van der Waals surface area contributed by atoms with Gasteiger partial charge >= 0.3 is 5.97 Å². The summed E-state index contributed by atoms with van der Waals surface area (Å²) in [6.07, 6.45) is 0.687. The smallest absolute Gasteiger partial charge is 0.304 e. The summed E-state index contributed by atoms with van der Waals surface area (Å²) in [5, 5.41) is 8.37. The number of hydrogen-bond acceptors (Lipinski definition) is 3. The Bertz CT molecular complexity index is 181. The van der Waals surface area contributed by atoms with Gasteiger partial charge in [-0.05, 0) is 6.42 Å². The van der Waals surface area contributed by atoms with Crippen LogP contribution >= 0.6 is 0 Å². The van der Waals surface area contributed by atoms with E-state index in [0.717, 1.165) is 0 Å². The Balaban J connectivity index is 3.63. The molecule has 0 amide bonds. The van der Waals surface area contributed by atoms with Crippen LogP contribution < -0.4 is 0 Å². The highest BCUT2D eigenvalue weighted by Gasteiger charge is 2.11. The largest absolute Gasteiger partial charge is 0.481 e. The van der Waals surface area contributed by atoms with Crippen LogP contribution in [0.1, 0.15) is 19.8 Å². The lowest BCUT2D eigenvalue weighted by molar-refractivity contribution is -0.136. The first-order valence-electron chi connectivity index (χ1n) is 4.15. The fourth-order valence-corrected chi connectivity index (χ4v) is 1.94. The van der Waals surface area contributed by atoms with Gasteiger partial charge in [-0.2, -0.15) is 0 Å². The Morgan fingerprint density at radius 2 is 2.23 bits per heavy atom. The van der Waals surface area contributed by atoms with Crippen LogP contribution in [0.4, 0.5) is 0 Å². The average molecular weight is 208 g/mol. The second-order valence-corrected chi connectivity index (χ2v) is 4.80. The highest BCUT2D eigenvalue weighted by molar-refractivity contribution is 7.85. The number of aliphatic carboxylic acids is 1. The molecule has 1 N–H and O–H groups in total. The number of carboxylic acid groups (broad SMARTS) is 1. The van der Waals surface area contributed by atoms with Crippen LogP contribution in [0.15, 0.2) is 0 Å². The summed E-state index contributed by atoms with van der Waals surface area (Å²) < 4.78 is 16.2. The standard InChI is InChI=1S/C8H16O4S/c1-7(3-5-12-2)13(11)6-4-8(9)10/h7H,3-6H2,1-2H3,(H,9,10). The van der Waals surface area contributed by atoms with Crippen molar-refractivity contribution in [2.45, 2.75) is 25.0 Å². The van der Waals surface area contributed by atoms with E-state index in [1.807, 2.05) is 6.92 Å². The molecule has 0 aliphatic rings. The van der Waals surface area contributed by atoms with Crippen LogP contribution in [0.3, 0.4) is 0 Å². The molecule has 0 bridgehead atoms. The van der Waals surface area contributed by atoms with Crippen molar-refractivity contribution in [2.75, 3.05) is 19.5 Å². The zero-order chi connectivity index (χ0) is 10.3. The average Bonchev–Trinajstić information content (AvgIpc) is 2.10. The van der Waals surface area contributed by atoms with Crippen molar-refractivity contribution in [1.29, 1.82) is 0 Å². The molecule has 78 valence electrons. The Morgan fingerprint density at radius 3 is 2.69 bits per heavy atom. The molecule has 13 heavy (non-hydrogen) atoms. The third kappa shape index (κ3) is 6.72. The number of hydrogen-bond donors (Lipinski definition) is 1. The van der Waals surface area contributed by atoms with Gasteiger partial charge in [0.2, 0.25) is 0 Å². The van der Waals surface area contributed by atoms with Crippen molar-refractivity contribution in [3.05, 3.63) is 0 Å². The molecule has 0 aromatic heterocycles. The predicted octanol–water partition coefficient (Wildman–Crippen LogP) is 0.635. The first-order valence-corrected chi connectivity index (χ1v) is 5.54. The number of rotatable bonds is 7. The molecule has 0 aliphatic carbocycles. The van der Waals surface area contributed by atoms with Gasteiger partial charge < -0.3 is 9.84 Å². The molecule has 4 nitrogen and oxygen atoms in total. The van der Waals surface area contributed by atoms with Crippen molar-refractivity contribution in [3.63, 3.8) is 0 Å². The minimum absolute atomic E-state index is 0.0132. The molecular weight excluding hydrogens is 192 g/mol. The van der Waals surface area contributed by atoms with Gasteiger partial charge in [-0.25, -0.2) is 0 Å². The summed E-state index contributed by atoms with van der Waals surface area (Å²) in [6.45, 7) is 2.41. The maximum Gasteiger partial charge on any atom is 0.304 e. The van der Waals surface area contributed by atoms with Crippen molar-refractivity contribution < 1.29 is 18.8 Å². The predicted molar refractivity (Wildman–Crippen MR) is 51.2 cm³/mol. The summed E-state index contributed by atoms with van der Waals surface area (Å²) in [4.78, 5) is 10.2. The lowest BCUT2D eigenvalue weighted by Gasteiger charge is -2.09. The summed E-state index contributed by atoms with van der Waals surface area (Å²) in [6, 6.07) is 0. The van der Waals surface area contributed by atoms with E-state index < -0.39 is 16.8 Å². The van der Waals surface area contributed by atoms with Crippen LogP contribution in [0.5, 0.6) is 0 Å². The third-order valence-electron chi connectivity index (χ3n) is 1.69. The Morgan fingerprint density at radius 1 is 1.62 bits per heavy atom. The van der Waals surface area contributed by atoms with Gasteiger partial charge in [0, 0.05) is 35.5 Å². The zero-order valence-electron chi connectivity index (χ0n) is 7.99. The third-order valence-corrected chi connectivity index (χ3v) is 3.43. The molecule has 0 spiro atoms. The fourth-order valence-electron chi connectivity index (χ4n) is 0.804. The highest BCUT2D eigenvalue weighted by Crippen LogP contribution is 2.03. The van der Waals surface area contributed by atoms with Crippen molar-refractivity contribution in [2.24, 2.45) is 0 Å². The molecule has 0 rings (SSSR count). The molecule has 5 heteroatoms. The molecule has 0 aliphatic heterocycles. The van der Waals surface area contributed by atoms with Crippen molar-refractivity contribution in [3.8, 4) is 0 Å². The highest BCUT2D eigenvalue weighted by atomic mass is 32.2. The van der Waals surface area contributed by atoms with Crippen LogP contribution in [-0.2, 0) is 20.3 Å². The quantitative estimate of drug-likeness (QED) is 0.666. The minimum Gasteiger partial charge on any atom is -0.481 e. The van der Waals surface area contributed by atoms with Crippen molar-refractivity contribution in [1.82, 2.24) is 0 Å². The van der Waals surface area contributed by atoms with Crippen LogP contribution in [0.2, 0.25) is 0 Å². The van der Waals surface area contributed by atoms with Gasteiger partial charge in [-0.3, -0.25) is 9.00 Å². The van der Waals surface area contributed by atoms with Gasteiger partial charge in [0.1, 0.15) is 0 Å².